The molecule has 0 saturated heterocycles. The predicted molar refractivity (Wildman–Crippen MR) is 135 cm³/mol. The molecule has 4 rings (SSSR count). The van der Waals surface area contributed by atoms with Crippen LogP contribution in [-0.2, 0) is 22.4 Å². The van der Waals surface area contributed by atoms with Crippen molar-refractivity contribution in [2.24, 2.45) is 0 Å². The van der Waals surface area contributed by atoms with Crippen LogP contribution in [0.2, 0.25) is 0 Å². The molecule has 1 aromatic carbocycles. The molecule has 1 aliphatic rings. The van der Waals surface area contributed by atoms with Crippen molar-refractivity contribution in [2.45, 2.75) is 51.0 Å². The van der Waals surface area contributed by atoms with Gasteiger partial charge in [-0.2, -0.15) is 0 Å². The molecule has 4 N–H and O–H groups in total. The highest BCUT2D eigenvalue weighted by Crippen LogP contribution is 2.22. The second-order valence-electron chi connectivity index (χ2n) is 8.54. The molecule has 184 valence electrons. The monoisotopic (exact) mass is 495 g/mol. The van der Waals surface area contributed by atoms with Crippen LogP contribution in [0.3, 0.4) is 0 Å². The van der Waals surface area contributed by atoms with E-state index in [1.807, 2.05) is 18.2 Å². The first-order chi connectivity index (χ1) is 17.0. The zero-order chi connectivity index (χ0) is 24.6. The molecule has 10 heteroatoms. The number of anilines is 1. The number of nitrogens with one attached hydrogen (secondary N) is 3. The number of amides is 2. The van der Waals surface area contributed by atoms with E-state index in [0.29, 0.717) is 18.4 Å². The summed E-state index contributed by atoms with van der Waals surface area (Å²) in [4.78, 5) is 45.2. The highest BCUT2D eigenvalue weighted by Gasteiger charge is 2.22. The van der Waals surface area contributed by atoms with Crippen LogP contribution in [0.15, 0.2) is 36.4 Å². The maximum atomic E-state index is 12.5. The highest BCUT2D eigenvalue weighted by molar-refractivity contribution is 7.20. The van der Waals surface area contributed by atoms with E-state index in [1.54, 1.807) is 6.07 Å². The van der Waals surface area contributed by atoms with Gasteiger partial charge < -0.3 is 21.1 Å². The molecule has 2 aromatic heterocycles. The van der Waals surface area contributed by atoms with Crippen LogP contribution in [0.4, 0.5) is 5.82 Å². The summed E-state index contributed by atoms with van der Waals surface area (Å²) in [7, 11) is 0. The fourth-order valence-corrected chi connectivity index (χ4v) is 4.86. The molecule has 2 amide bonds. The van der Waals surface area contributed by atoms with Crippen LogP contribution in [0, 0.1) is 0 Å². The van der Waals surface area contributed by atoms with Gasteiger partial charge in [-0.3, -0.25) is 9.59 Å². The zero-order valence-corrected chi connectivity index (χ0v) is 20.2. The zero-order valence-electron chi connectivity index (χ0n) is 19.4. The highest BCUT2D eigenvalue weighted by atomic mass is 32.1. The number of carboxylic acids is 1. The first-order valence-corrected chi connectivity index (χ1v) is 12.7. The third kappa shape index (κ3) is 6.75. The average Bonchev–Trinajstić information content (AvgIpc) is 3.30. The fourth-order valence-electron chi connectivity index (χ4n) is 3.99. The molecule has 1 atom stereocenters. The molecule has 0 aliphatic carbocycles. The van der Waals surface area contributed by atoms with Crippen LogP contribution in [-0.4, -0.2) is 52.0 Å². The summed E-state index contributed by atoms with van der Waals surface area (Å²) in [5.41, 5.74) is 2.97. The summed E-state index contributed by atoms with van der Waals surface area (Å²) >= 11 is 1.21. The Balaban J connectivity index is 1.16. The van der Waals surface area contributed by atoms with Gasteiger partial charge in [0, 0.05) is 25.2 Å². The fraction of sp³-hybridized carbons (Fsp3) is 0.400. The second-order valence-corrected chi connectivity index (χ2v) is 9.57. The number of carbonyl (C=O) groups is 3. The van der Waals surface area contributed by atoms with Crippen molar-refractivity contribution in [1.29, 1.82) is 0 Å². The van der Waals surface area contributed by atoms with E-state index in [9.17, 15) is 19.5 Å². The van der Waals surface area contributed by atoms with Crippen molar-refractivity contribution in [2.75, 3.05) is 18.4 Å². The van der Waals surface area contributed by atoms with Gasteiger partial charge >= 0.3 is 5.97 Å². The molecule has 0 fully saturated rings. The van der Waals surface area contributed by atoms with Crippen molar-refractivity contribution >= 4 is 45.2 Å². The lowest BCUT2D eigenvalue weighted by Gasteiger charge is -2.17. The number of benzene rings is 1. The topological polar surface area (TPSA) is 133 Å². The number of carboxylic acid groups (broad SMARTS) is 1. The van der Waals surface area contributed by atoms with Gasteiger partial charge in [-0.05, 0) is 62.3 Å². The number of aliphatic carboxylic acids is 1. The smallest absolute Gasteiger partial charge is 0.326 e. The number of rotatable bonds is 11. The Hall–Kier alpha value is -3.53. The Kier molecular flexibility index (Phi) is 8.25. The summed E-state index contributed by atoms with van der Waals surface area (Å²) in [5.74, 6) is -0.835. The van der Waals surface area contributed by atoms with Gasteiger partial charge in [-0.1, -0.05) is 18.2 Å². The van der Waals surface area contributed by atoms with E-state index < -0.39 is 17.9 Å². The summed E-state index contributed by atoms with van der Waals surface area (Å²) in [6.45, 7) is 1.12. The molecule has 0 radical (unpaired) electrons. The first kappa shape index (κ1) is 24.6. The lowest BCUT2D eigenvalue weighted by molar-refractivity contribution is -0.139. The van der Waals surface area contributed by atoms with E-state index in [2.05, 4.69) is 38.1 Å². The quantitative estimate of drug-likeness (QED) is 0.300. The summed E-state index contributed by atoms with van der Waals surface area (Å²) < 4.78 is 0.857. The molecule has 1 aliphatic heterocycles. The molecule has 0 bridgehead atoms. The molecule has 0 spiro atoms. The number of nitrogens with zero attached hydrogens (tertiary/aromatic N) is 2. The van der Waals surface area contributed by atoms with Crippen LogP contribution < -0.4 is 16.0 Å². The van der Waals surface area contributed by atoms with Crippen molar-refractivity contribution in [1.82, 2.24) is 20.6 Å². The predicted octanol–water partition coefficient (Wildman–Crippen LogP) is 3.15. The SMILES string of the molecule is O=C(CCCCc1ccc2c(n1)NCCC2)NCC[C@@H](NC(=O)c1nc2ccccc2s1)C(=O)O. The van der Waals surface area contributed by atoms with Crippen LogP contribution in [0.1, 0.15) is 53.2 Å². The average molecular weight is 496 g/mol. The number of aromatic nitrogens is 2. The number of aryl methyl sites for hydroxylation is 2. The third-order valence-electron chi connectivity index (χ3n) is 5.89. The van der Waals surface area contributed by atoms with Gasteiger partial charge in [0.1, 0.15) is 11.9 Å². The molecular weight excluding hydrogens is 466 g/mol. The minimum atomic E-state index is -1.15. The molecule has 3 aromatic rings. The van der Waals surface area contributed by atoms with Crippen molar-refractivity contribution in [3.63, 3.8) is 0 Å². The van der Waals surface area contributed by atoms with Crippen molar-refractivity contribution in [3.8, 4) is 0 Å². The molecule has 0 saturated carbocycles. The van der Waals surface area contributed by atoms with Crippen LogP contribution >= 0.6 is 11.3 Å². The Morgan fingerprint density at radius 1 is 1.11 bits per heavy atom. The Morgan fingerprint density at radius 3 is 2.80 bits per heavy atom. The second kappa shape index (κ2) is 11.7. The van der Waals surface area contributed by atoms with E-state index in [1.165, 1.54) is 16.9 Å². The molecule has 35 heavy (non-hydrogen) atoms. The van der Waals surface area contributed by atoms with Gasteiger partial charge in [0.15, 0.2) is 5.01 Å². The molecule has 0 unspecified atom stereocenters. The Bertz CT molecular complexity index is 1180. The molecular formula is C25H29N5O4S. The maximum Gasteiger partial charge on any atom is 0.326 e. The van der Waals surface area contributed by atoms with Gasteiger partial charge in [-0.25, -0.2) is 14.8 Å². The standard InChI is InChI=1S/C25H29N5O4S/c31-21(10-4-1-7-17-12-11-16-6-5-14-27-22(16)28-17)26-15-13-19(25(33)34)29-23(32)24-30-18-8-2-3-9-20(18)35-24/h2-3,8-9,11-12,19H,1,4-7,10,13-15H2,(H,26,31)(H,27,28)(H,29,32)(H,33,34)/t19-/m1/s1. The molecule has 9 nitrogen and oxygen atoms in total. The maximum absolute atomic E-state index is 12.5. The van der Waals surface area contributed by atoms with Gasteiger partial charge in [0.2, 0.25) is 5.91 Å². The van der Waals surface area contributed by atoms with E-state index >= 15 is 0 Å². The Morgan fingerprint density at radius 2 is 1.97 bits per heavy atom. The van der Waals surface area contributed by atoms with Crippen LogP contribution in [0.25, 0.3) is 10.2 Å². The first-order valence-electron chi connectivity index (χ1n) is 11.9. The van der Waals surface area contributed by atoms with Crippen molar-refractivity contribution < 1.29 is 19.5 Å². The summed E-state index contributed by atoms with van der Waals surface area (Å²) in [6, 6.07) is 10.4. The third-order valence-corrected chi connectivity index (χ3v) is 6.92. The number of para-hydroxylation sites is 1. The minimum Gasteiger partial charge on any atom is -0.480 e. The van der Waals surface area contributed by atoms with Crippen molar-refractivity contribution in [3.05, 3.63) is 52.7 Å². The number of thiazole rings is 1. The van der Waals surface area contributed by atoms with Gasteiger partial charge in [-0.15, -0.1) is 11.3 Å². The number of hydrogen-bond donors (Lipinski definition) is 4. The number of carbonyl (C=O) groups excluding carboxylic acids is 2. The lowest BCUT2D eigenvalue weighted by Crippen LogP contribution is -2.43. The summed E-state index contributed by atoms with van der Waals surface area (Å²) in [5, 5.41) is 18.3. The lowest BCUT2D eigenvalue weighted by atomic mass is 10.1. The van der Waals surface area contributed by atoms with E-state index in [-0.39, 0.29) is 23.9 Å². The van der Waals surface area contributed by atoms with E-state index in [4.69, 9.17) is 0 Å². The number of fused-ring (bicyclic) bond motifs is 2. The number of unbranched alkanes of at least 4 members (excludes halogenated alkanes) is 1. The summed E-state index contributed by atoms with van der Waals surface area (Å²) in [6.07, 6.45) is 5.00. The van der Waals surface area contributed by atoms with Gasteiger partial charge in [0.25, 0.3) is 5.91 Å². The number of hydrogen-bond acceptors (Lipinski definition) is 7. The van der Waals surface area contributed by atoms with Crippen LogP contribution in [0.5, 0.6) is 0 Å². The molecule has 3 heterocycles. The largest absolute Gasteiger partial charge is 0.480 e. The van der Waals surface area contributed by atoms with Gasteiger partial charge in [0.05, 0.1) is 10.2 Å². The minimum absolute atomic E-state index is 0.0871. The normalized spacial score (nSPS) is 13.5. The van der Waals surface area contributed by atoms with E-state index in [0.717, 1.165) is 48.4 Å². The Labute approximate surface area is 207 Å². The number of pyridine rings is 1.